The molecular weight excluding hydrogens is 320 g/mol. The molecule has 0 aliphatic carbocycles. The Bertz CT molecular complexity index is 597. The Balaban J connectivity index is 1.39. The Labute approximate surface area is 148 Å². The summed E-state index contributed by atoms with van der Waals surface area (Å²) in [4.78, 5) is 19.6. The Morgan fingerprint density at radius 2 is 2.04 bits per heavy atom. The maximum Gasteiger partial charge on any atom is 0.319 e. The molecular formula is C18H26N4O3. The van der Waals surface area contributed by atoms with E-state index in [1.165, 1.54) is 5.56 Å². The van der Waals surface area contributed by atoms with E-state index in [2.05, 4.69) is 20.7 Å². The number of amides is 2. The monoisotopic (exact) mass is 346 g/mol. The van der Waals surface area contributed by atoms with Crippen molar-refractivity contribution in [2.24, 2.45) is 5.16 Å². The fourth-order valence-electron chi connectivity index (χ4n) is 2.90. The first-order valence-corrected chi connectivity index (χ1v) is 8.88. The number of carbonyl (C=O) groups excluding carboxylic acids is 1. The molecule has 2 heterocycles. The summed E-state index contributed by atoms with van der Waals surface area (Å²) in [6.45, 7) is 6.95. The predicted molar refractivity (Wildman–Crippen MR) is 96.8 cm³/mol. The molecule has 0 spiro atoms. The summed E-state index contributed by atoms with van der Waals surface area (Å²) in [6, 6.07) is 7.73. The number of nitrogens with zero attached hydrogens (tertiary/aromatic N) is 2. The molecule has 1 saturated heterocycles. The number of urea groups is 1. The third-order valence-electron chi connectivity index (χ3n) is 4.41. The van der Waals surface area contributed by atoms with Gasteiger partial charge in [-0.3, -0.25) is 4.90 Å². The largest absolute Gasteiger partial charge is 0.390 e. The molecule has 0 aromatic heterocycles. The molecule has 25 heavy (non-hydrogen) atoms. The first-order valence-electron chi connectivity index (χ1n) is 8.88. The van der Waals surface area contributed by atoms with Gasteiger partial charge in [-0.2, -0.15) is 0 Å². The molecule has 7 heteroatoms. The maximum absolute atomic E-state index is 12.0. The number of carbonyl (C=O) groups is 1. The molecule has 2 amide bonds. The highest BCUT2D eigenvalue weighted by atomic mass is 16.6. The molecule has 2 N–H and O–H groups in total. The average Bonchev–Trinajstić information content (AvgIpc) is 3.11. The summed E-state index contributed by atoms with van der Waals surface area (Å²) in [7, 11) is 0. The summed E-state index contributed by atoms with van der Waals surface area (Å²) < 4.78 is 5.36. The standard InChI is InChI=1S/C18H26N4O3/c1-2-15-11-17(25-21-15)12-19-18(23)20-16-5-3-14(4-6-16)13-22-7-9-24-10-8-22/h3-6,17H,2,7-13H2,1H3,(H2,19,20,23)/t17-/m1/s1. The average molecular weight is 346 g/mol. The van der Waals surface area contributed by atoms with E-state index in [0.29, 0.717) is 6.54 Å². The minimum Gasteiger partial charge on any atom is -0.390 e. The van der Waals surface area contributed by atoms with Crippen LogP contribution in [0.25, 0.3) is 0 Å². The lowest BCUT2D eigenvalue weighted by Crippen LogP contribution is -2.35. The van der Waals surface area contributed by atoms with Crippen molar-refractivity contribution in [1.29, 1.82) is 0 Å². The van der Waals surface area contributed by atoms with E-state index >= 15 is 0 Å². The van der Waals surface area contributed by atoms with E-state index in [1.807, 2.05) is 31.2 Å². The van der Waals surface area contributed by atoms with Crippen LogP contribution in [0.2, 0.25) is 0 Å². The zero-order valence-corrected chi connectivity index (χ0v) is 14.7. The quantitative estimate of drug-likeness (QED) is 0.828. The number of hydrogen-bond donors (Lipinski definition) is 2. The van der Waals surface area contributed by atoms with Gasteiger partial charge in [0.05, 0.1) is 25.5 Å². The van der Waals surface area contributed by atoms with Gasteiger partial charge in [-0.1, -0.05) is 24.2 Å². The lowest BCUT2D eigenvalue weighted by atomic mass is 10.1. The summed E-state index contributed by atoms with van der Waals surface area (Å²) in [5.41, 5.74) is 3.06. The third-order valence-corrected chi connectivity index (χ3v) is 4.41. The first kappa shape index (κ1) is 17.7. The van der Waals surface area contributed by atoms with Crippen LogP contribution in [0.3, 0.4) is 0 Å². The van der Waals surface area contributed by atoms with Crippen LogP contribution in [-0.4, -0.2) is 55.6 Å². The molecule has 1 atom stereocenters. The Kier molecular flexibility index (Phi) is 6.25. The number of rotatable bonds is 6. The van der Waals surface area contributed by atoms with Crippen LogP contribution in [0, 0.1) is 0 Å². The lowest BCUT2D eigenvalue weighted by Gasteiger charge is -2.26. The van der Waals surface area contributed by atoms with Gasteiger partial charge in [-0.05, 0) is 24.1 Å². The first-order chi connectivity index (χ1) is 12.2. The number of oxime groups is 1. The normalized spacial score (nSPS) is 20.7. The van der Waals surface area contributed by atoms with Crippen molar-refractivity contribution < 1.29 is 14.4 Å². The number of morpholine rings is 1. The third kappa shape index (κ3) is 5.44. The molecule has 2 aliphatic rings. The minimum atomic E-state index is -0.227. The van der Waals surface area contributed by atoms with Gasteiger partial charge in [0.25, 0.3) is 0 Å². The zero-order valence-electron chi connectivity index (χ0n) is 14.7. The van der Waals surface area contributed by atoms with Gasteiger partial charge in [0.15, 0.2) is 0 Å². The van der Waals surface area contributed by atoms with Crippen LogP contribution >= 0.6 is 0 Å². The summed E-state index contributed by atoms with van der Waals surface area (Å²) in [5.74, 6) is 0. The second-order valence-corrected chi connectivity index (χ2v) is 6.36. The van der Waals surface area contributed by atoms with Gasteiger partial charge in [0, 0.05) is 31.7 Å². The molecule has 0 unspecified atom stereocenters. The topological polar surface area (TPSA) is 75.2 Å². The van der Waals surface area contributed by atoms with Gasteiger partial charge in [-0.25, -0.2) is 4.79 Å². The zero-order chi connectivity index (χ0) is 17.5. The maximum atomic E-state index is 12.0. The molecule has 1 aromatic rings. The van der Waals surface area contributed by atoms with E-state index in [9.17, 15) is 4.79 Å². The van der Waals surface area contributed by atoms with Crippen molar-refractivity contribution in [3.63, 3.8) is 0 Å². The highest BCUT2D eigenvalue weighted by Gasteiger charge is 2.20. The molecule has 0 saturated carbocycles. The van der Waals surface area contributed by atoms with Gasteiger partial charge in [-0.15, -0.1) is 0 Å². The van der Waals surface area contributed by atoms with Crippen LogP contribution in [0.1, 0.15) is 25.3 Å². The minimum absolute atomic E-state index is 0.0587. The Morgan fingerprint density at radius 1 is 1.28 bits per heavy atom. The SMILES string of the molecule is CCC1=NO[C@@H](CNC(=O)Nc2ccc(CN3CCOCC3)cc2)C1. The second-order valence-electron chi connectivity index (χ2n) is 6.36. The second kappa shape index (κ2) is 8.82. The summed E-state index contributed by atoms with van der Waals surface area (Å²) in [5, 5.41) is 9.66. The molecule has 7 nitrogen and oxygen atoms in total. The smallest absolute Gasteiger partial charge is 0.319 e. The van der Waals surface area contributed by atoms with Crippen molar-refractivity contribution in [1.82, 2.24) is 10.2 Å². The molecule has 1 fully saturated rings. The van der Waals surface area contributed by atoms with Gasteiger partial charge in [0.2, 0.25) is 0 Å². The molecule has 1 aromatic carbocycles. The number of benzene rings is 1. The molecule has 3 rings (SSSR count). The van der Waals surface area contributed by atoms with E-state index in [1.54, 1.807) is 0 Å². The molecule has 2 aliphatic heterocycles. The number of hydrogen-bond acceptors (Lipinski definition) is 5. The van der Waals surface area contributed by atoms with Crippen LogP contribution < -0.4 is 10.6 Å². The van der Waals surface area contributed by atoms with Crippen molar-refractivity contribution in [2.45, 2.75) is 32.4 Å². The van der Waals surface area contributed by atoms with E-state index < -0.39 is 0 Å². The predicted octanol–water partition coefficient (Wildman–Crippen LogP) is 2.20. The van der Waals surface area contributed by atoms with Crippen LogP contribution in [0.5, 0.6) is 0 Å². The Morgan fingerprint density at radius 3 is 2.72 bits per heavy atom. The number of anilines is 1. The number of ether oxygens (including phenoxy) is 1. The van der Waals surface area contributed by atoms with Gasteiger partial charge < -0.3 is 20.2 Å². The van der Waals surface area contributed by atoms with Crippen molar-refractivity contribution in [2.75, 3.05) is 38.2 Å². The lowest BCUT2D eigenvalue weighted by molar-refractivity contribution is 0.0342. The summed E-state index contributed by atoms with van der Waals surface area (Å²) in [6.07, 6.45) is 1.61. The fourth-order valence-corrected chi connectivity index (χ4v) is 2.90. The van der Waals surface area contributed by atoms with E-state index in [0.717, 1.165) is 57.1 Å². The van der Waals surface area contributed by atoms with E-state index in [4.69, 9.17) is 9.57 Å². The van der Waals surface area contributed by atoms with Crippen LogP contribution in [0.15, 0.2) is 29.4 Å². The number of nitrogens with one attached hydrogen (secondary N) is 2. The highest BCUT2D eigenvalue weighted by molar-refractivity contribution is 5.89. The van der Waals surface area contributed by atoms with Crippen molar-refractivity contribution >= 4 is 17.4 Å². The van der Waals surface area contributed by atoms with Gasteiger partial charge >= 0.3 is 6.03 Å². The van der Waals surface area contributed by atoms with Crippen LogP contribution in [0.4, 0.5) is 10.5 Å². The van der Waals surface area contributed by atoms with Gasteiger partial charge in [0.1, 0.15) is 6.10 Å². The highest BCUT2D eigenvalue weighted by Crippen LogP contribution is 2.13. The molecule has 136 valence electrons. The van der Waals surface area contributed by atoms with Crippen molar-refractivity contribution in [3.8, 4) is 0 Å². The summed E-state index contributed by atoms with van der Waals surface area (Å²) >= 11 is 0. The van der Waals surface area contributed by atoms with E-state index in [-0.39, 0.29) is 12.1 Å². The molecule has 0 bridgehead atoms. The fraction of sp³-hybridized carbons (Fsp3) is 0.556. The Hall–Kier alpha value is -2.12. The van der Waals surface area contributed by atoms with Crippen LogP contribution in [-0.2, 0) is 16.1 Å². The molecule has 0 radical (unpaired) electrons. The van der Waals surface area contributed by atoms with Crippen molar-refractivity contribution in [3.05, 3.63) is 29.8 Å².